The Balaban J connectivity index is 1.55. The van der Waals surface area contributed by atoms with Crippen LogP contribution in [0.5, 0.6) is 0 Å². The van der Waals surface area contributed by atoms with Crippen molar-refractivity contribution in [2.75, 3.05) is 18.5 Å². The number of rotatable bonds is 4. The average Bonchev–Trinajstić information content (AvgIpc) is 3.22. The lowest BCUT2D eigenvalue weighted by atomic mass is 10.2. The molecule has 118 valence electrons. The molecule has 3 aromatic rings. The molecule has 0 saturated carbocycles. The number of benzene rings is 2. The SMILES string of the molecule is Clc1ccc(-n2nc3ccc(NCC4CCCO4)cc3n2)cc1. The fourth-order valence-electron chi connectivity index (χ4n) is 2.75. The lowest BCUT2D eigenvalue weighted by Gasteiger charge is -2.11. The molecule has 2 aromatic carbocycles. The molecule has 1 aromatic heterocycles. The minimum Gasteiger partial charge on any atom is -0.382 e. The largest absolute Gasteiger partial charge is 0.382 e. The summed E-state index contributed by atoms with van der Waals surface area (Å²) in [6, 6.07) is 13.5. The van der Waals surface area contributed by atoms with Crippen molar-refractivity contribution < 1.29 is 4.74 Å². The normalized spacial score (nSPS) is 17.7. The average molecular weight is 329 g/mol. The van der Waals surface area contributed by atoms with Crippen LogP contribution >= 0.6 is 11.6 Å². The second kappa shape index (κ2) is 6.18. The molecule has 0 radical (unpaired) electrons. The first-order valence-corrected chi connectivity index (χ1v) is 8.14. The van der Waals surface area contributed by atoms with Crippen molar-refractivity contribution in [2.45, 2.75) is 18.9 Å². The summed E-state index contributed by atoms with van der Waals surface area (Å²) in [6.45, 7) is 1.71. The molecule has 2 heterocycles. The van der Waals surface area contributed by atoms with E-state index < -0.39 is 0 Å². The molecule has 0 aliphatic carbocycles. The van der Waals surface area contributed by atoms with E-state index in [2.05, 4.69) is 15.5 Å². The Morgan fingerprint density at radius 1 is 1.13 bits per heavy atom. The maximum absolute atomic E-state index is 5.92. The monoisotopic (exact) mass is 328 g/mol. The smallest absolute Gasteiger partial charge is 0.115 e. The summed E-state index contributed by atoms with van der Waals surface area (Å²) in [4.78, 5) is 1.63. The molecule has 0 spiro atoms. The molecule has 1 aliphatic heterocycles. The maximum atomic E-state index is 5.92. The van der Waals surface area contributed by atoms with Gasteiger partial charge in [-0.2, -0.15) is 4.80 Å². The van der Waals surface area contributed by atoms with Crippen LogP contribution in [0.15, 0.2) is 42.5 Å². The number of ether oxygens (including phenoxy) is 1. The second-order valence-corrected chi connectivity index (χ2v) is 6.12. The van der Waals surface area contributed by atoms with Gasteiger partial charge in [-0.1, -0.05) is 11.6 Å². The van der Waals surface area contributed by atoms with E-state index in [9.17, 15) is 0 Å². The molecule has 1 fully saturated rings. The summed E-state index contributed by atoms with van der Waals surface area (Å²) in [5, 5.41) is 13.2. The van der Waals surface area contributed by atoms with E-state index in [0.29, 0.717) is 11.1 Å². The van der Waals surface area contributed by atoms with Crippen LogP contribution in [0.25, 0.3) is 16.7 Å². The van der Waals surface area contributed by atoms with Crippen LogP contribution in [0.1, 0.15) is 12.8 Å². The van der Waals surface area contributed by atoms with Gasteiger partial charge in [-0.3, -0.25) is 0 Å². The van der Waals surface area contributed by atoms with Crippen LogP contribution in [-0.4, -0.2) is 34.2 Å². The zero-order valence-electron chi connectivity index (χ0n) is 12.6. The minimum absolute atomic E-state index is 0.315. The highest BCUT2D eigenvalue weighted by Gasteiger charge is 2.15. The first kappa shape index (κ1) is 14.5. The molecule has 1 unspecified atom stereocenters. The standard InChI is InChI=1S/C17H17ClN4O/c18-12-3-6-14(7-4-12)22-20-16-8-5-13(10-17(16)21-22)19-11-15-2-1-9-23-15/h3-8,10,15,19H,1-2,9,11H2. The topological polar surface area (TPSA) is 52.0 Å². The fraction of sp³-hybridized carbons (Fsp3) is 0.294. The Morgan fingerprint density at radius 2 is 1.96 bits per heavy atom. The Hall–Kier alpha value is -2.11. The van der Waals surface area contributed by atoms with Crippen LogP contribution in [0.3, 0.4) is 0 Å². The first-order valence-electron chi connectivity index (χ1n) is 7.76. The predicted octanol–water partition coefficient (Wildman–Crippen LogP) is 3.66. The van der Waals surface area contributed by atoms with Gasteiger partial charge in [-0.25, -0.2) is 0 Å². The number of nitrogens with one attached hydrogen (secondary N) is 1. The zero-order valence-corrected chi connectivity index (χ0v) is 13.3. The quantitative estimate of drug-likeness (QED) is 0.794. The van der Waals surface area contributed by atoms with Gasteiger partial charge in [0.05, 0.1) is 11.8 Å². The summed E-state index contributed by atoms with van der Waals surface area (Å²) in [6.07, 6.45) is 2.60. The van der Waals surface area contributed by atoms with Crippen molar-refractivity contribution in [3.8, 4) is 5.69 Å². The summed E-state index contributed by atoms with van der Waals surface area (Å²) in [5.41, 5.74) is 3.65. The van der Waals surface area contributed by atoms with Crippen LogP contribution in [0, 0.1) is 0 Å². The molecule has 6 heteroatoms. The third-order valence-electron chi connectivity index (χ3n) is 4.00. The van der Waals surface area contributed by atoms with Gasteiger partial charge in [0.25, 0.3) is 0 Å². The summed E-state index contributed by atoms with van der Waals surface area (Å²) in [5.74, 6) is 0. The van der Waals surface area contributed by atoms with Gasteiger partial charge in [-0.15, -0.1) is 10.2 Å². The predicted molar refractivity (Wildman–Crippen MR) is 91.3 cm³/mol. The first-order chi connectivity index (χ1) is 11.3. The lowest BCUT2D eigenvalue weighted by molar-refractivity contribution is 0.120. The highest BCUT2D eigenvalue weighted by atomic mass is 35.5. The van der Waals surface area contributed by atoms with E-state index in [-0.39, 0.29) is 0 Å². The van der Waals surface area contributed by atoms with Crippen LogP contribution < -0.4 is 5.32 Å². The number of nitrogens with zero attached hydrogens (tertiary/aromatic N) is 3. The van der Waals surface area contributed by atoms with E-state index in [1.807, 2.05) is 42.5 Å². The Kier molecular flexibility index (Phi) is 3.89. The van der Waals surface area contributed by atoms with Gasteiger partial charge in [0, 0.05) is 23.9 Å². The summed E-state index contributed by atoms with van der Waals surface area (Å²) in [7, 11) is 0. The van der Waals surface area contributed by atoms with E-state index in [1.54, 1.807) is 4.80 Å². The molecule has 1 saturated heterocycles. The third-order valence-corrected chi connectivity index (χ3v) is 4.25. The molecule has 1 aliphatic rings. The lowest BCUT2D eigenvalue weighted by Crippen LogP contribution is -2.18. The van der Waals surface area contributed by atoms with E-state index in [0.717, 1.165) is 48.4 Å². The number of halogens is 1. The van der Waals surface area contributed by atoms with E-state index in [4.69, 9.17) is 16.3 Å². The third kappa shape index (κ3) is 3.16. The number of fused-ring (bicyclic) bond motifs is 1. The van der Waals surface area contributed by atoms with Crippen molar-refractivity contribution in [3.63, 3.8) is 0 Å². The van der Waals surface area contributed by atoms with Gasteiger partial charge < -0.3 is 10.1 Å². The van der Waals surface area contributed by atoms with Crippen molar-refractivity contribution in [1.82, 2.24) is 15.0 Å². The number of aromatic nitrogens is 3. The van der Waals surface area contributed by atoms with Gasteiger partial charge in [0.1, 0.15) is 11.0 Å². The number of hydrogen-bond acceptors (Lipinski definition) is 4. The highest BCUT2D eigenvalue weighted by Crippen LogP contribution is 2.19. The van der Waals surface area contributed by atoms with Crippen molar-refractivity contribution in [1.29, 1.82) is 0 Å². The Bertz CT molecular complexity index is 809. The molecule has 1 N–H and O–H groups in total. The van der Waals surface area contributed by atoms with Gasteiger partial charge in [-0.05, 0) is 55.3 Å². The molecule has 4 rings (SSSR count). The van der Waals surface area contributed by atoms with Gasteiger partial charge in [0.15, 0.2) is 0 Å². The molecule has 1 atom stereocenters. The fourth-order valence-corrected chi connectivity index (χ4v) is 2.88. The highest BCUT2D eigenvalue weighted by molar-refractivity contribution is 6.30. The molecule has 5 nitrogen and oxygen atoms in total. The zero-order chi connectivity index (χ0) is 15.6. The number of hydrogen-bond donors (Lipinski definition) is 1. The maximum Gasteiger partial charge on any atom is 0.115 e. The second-order valence-electron chi connectivity index (χ2n) is 5.69. The van der Waals surface area contributed by atoms with Crippen LogP contribution in [0.4, 0.5) is 5.69 Å². The molecular formula is C17H17ClN4O. The summed E-state index contributed by atoms with van der Waals surface area (Å²) < 4.78 is 5.63. The van der Waals surface area contributed by atoms with E-state index >= 15 is 0 Å². The molecule has 0 bridgehead atoms. The van der Waals surface area contributed by atoms with Crippen LogP contribution in [0.2, 0.25) is 5.02 Å². The number of anilines is 1. The minimum atomic E-state index is 0.315. The van der Waals surface area contributed by atoms with Crippen molar-refractivity contribution in [3.05, 3.63) is 47.5 Å². The van der Waals surface area contributed by atoms with Crippen molar-refractivity contribution in [2.24, 2.45) is 0 Å². The molecule has 23 heavy (non-hydrogen) atoms. The van der Waals surface area contributed by atoms with Gasteiger partial charge >= 0.3 is 0 Å². The van der Waals surface area contributed by atoms with Crippen molar-refractivity contribution >= 4 is 28.3 Å². The van der Waals surface area contributed by atoms with E-state index in [1.165, 1.54) is 0 Å². The summed E-state index contributed by atoms with van der Waals surface area (Å²) >= 11 is 5.92. The molecule has 0 amide bonds. The van der Waals surface area contributed by atoms with Crippen LogP contribution in [-0.2, 0) is 4.74 Å². The Morgan fingerprint density at radius 3 is 2.74 bits per heavy atom. The van der Waals surface area contributed by atoms with Gasteiger partial charge in [0.2, 0.25) is 0 Å². The molecular weight excluding hydrogens is 312 g/mol. The Labute approximate surface area is 139 Å².